The van der Waals surface area contributed by atoms with Crippen molar-refractivity contribution in [3.63, 3.8) is 0 Å². The minimum Gasteiger partial charge on any atom is -0.475 e. The number of hydrogen-bond acceptors (Lipinski definition) is 12. The molecule has 2 aromatic heterocycles. The first kappa shape index (κ1) is 40.5. The summed E-state index contributed by atoms with van der Waals surface area (Å²) in [5, 5.41) is 11.6. The quantitative estimate of drug-likeness (QED) is 0.150. The Morgan fingerprint density at radius 1 is 1.02 bits per heavy atom. The van der Waals surface area contributed by atoms with Crippen LogP contribution in [0.4, 0.5) is 19.4 Å². The summed E-state index contributed by atoms with van der Waals surface area (Å²) in [6.07, 6.45) is 8.79. The second-order valence-corrected chi connectivity index (χ2v) is 19.2. The largest absolute Gasteiger partial charge is 0.475 e. The highest BCUT2D eigenvalue weighted by atomic mass is 19.1. The summed E-state index contributed by atoms with van der Waals surface area (Å²) < 4.78 is 63.5. The van der Waals surface area contributed by atoms with Gasteiger partial charge in [-0.2, -0.15) is 9.97 Å². The van der Waals surface area contributed by atoms with Crippen molar-refractivity contribution < 1.29 is 42.4 Å². The maximum Gasteiger partial charge on any atom is 0.410 e. The first-order valence-corrected chi connectivity index (χ1v) is 22.0. The smallest absolute Gasteiger partial charge is 0.410 e. The maximum atomic E-state index is 17.8. The molecule has 13 nitrogen and oxygen atoms in total. The van der Waals surface area contributed by atoms with E-state index in [2.05, 4.69) is 9.80 Å². The molecule has 7 heterocycles. The third-order valence-corrected chi connectivity index (χ3v) is 14.3. The predicted molar refractivity (Wildman–Crippen MR) is 224 cm³/mol. The Balaban J connectivity index is 1.09. The molecule has 61 heavy (non-hydrogen) atoms. The van der Waals surface area contributed by atoms with Gasteiger partial charge in [0, 0.05) is 36.2 Å². The lowest BCUT2D eigenvalue weighted by Gasteiger charge is -2.46. The van der Waals surface area contributed by atoms with Crippen LogP contribution in [0.15, 0.2) is 24.3 Å². The molecule has 2 aromatic carbocycles. The number of aliphatic hydroxyl groups excluding tert-OH is 1. The number of anilines is 1. The molecule has 2 bridgehead atoms. The monoisotopic (exact) mass is 842 g/mol. The van der Waals surface area contributed by atoms with E-state index in [0.717, 1.165) is 64.3 Å². The number of aliphatic hydroxyl groups is 1. The number of ether oxygens (including phenoxy) is 5. The Morgan fingerprint density at radius 3 is 2.61 bits per heavy atom. The van der Waals surface area contributed by atoms with Gasteiger partial charge < -0.3 is 33.7 Å². The van der Waals surface area contributed by atoms with E-state index < -0.39 is 17.2 Å². The molecule has 4 saturated heterocycles. The van der Waals surface area contributed by atoms with Gasteiger partial charge in [0.2, 0.25) is 5.88 Å². The van der Waals surface area contributed by atoms with Crippen molar-refractivity contribution in [3.05, 3.63) is 41.5 Å². The van der Waals surface area contributed by atoms with E-state index in [0.29, 0.717) is 58.4 Å². The van der Waals surface area contributed by atoms with Gasteiger partial charge >= 0.3 is 12.1 Å². The van der Waals surface area contributed by atoms with Gasteiger partial charge in [-0.25, -0.2) is 18.6 Å². The van der Waals surface area contributed by atoms with Crippen LogP contribution in [0.5, 0.6) is 17.6 Å². The molecule has 5 atom stereocenters. The molecule has 0 spiro atoms. The number of aryl methyl sites for hydroxylation is 1. The van der Waals surface area contributed by atoms with Crippen LogP contribution in [0.3, 0.4) is 0 Å². The van der Waals surface area contributed by atoms with Crippen LogP contribution in [0.2, 0.25) is 0 Å². The normalized spacial score (nSPS) is 26.3. The Labute approximate surface area is 354 Å². The average molecular weight is 843 g/mol. The average Bonchev–Trinajstić information content (AvgIpc) is 3.62. The molecule has 15 heteroatoms. The number of nitrogens with zero attached hydrogens (tertiary/aromatic N) is 6. The number of rotatable bonds is 11. The molecule has 1 amide bonds. The summed E-state index contributed by atoms with van der Waals surface area (Å²) in [6.45, 7) is 9.53. The highest BCUT2D eigenvalue weighted by molar-refractivity contribution is 6.03. The summed E-state index contributed by atoms with van der Waals surface area (Å²) in [4.78, 5) is 35.1. The number of carbonyl (C=O) groups is 1. The van der Waals surface area contributed by atoms with Crippen molar-refractivity contribution >= 4 is 33.6 Å². The molecule has 5 unspecified atom stereocenters. The number of amides is 1. The van der Waals surface area contributed by atoms with E-state index in [9.17, 15) is 9.90 Å². The van der Waals surface area contributed by atoms with Crippen molar-refractivity contribution in [1.82, 2.24) is 24.8 Å². The summed E-state index contributed by atoms with van der Waals surface area (Å²) in [5.41, 5.74) is -0.0170. The maximum absolute atomic E-state index is 17.8. The highest BCUT2D eigenvalue weighted by Crippen LogP contribution is 2.58. The molecule has 4 aromatic rings. The summed E-state index contributed by atoms with van der Waals surface area (Å²) in [6, 6.07) is 6.00. The lowest BCUT2D eigenvalue weighted by atomic mass is 9.82. The van der Waals surface area contributed by atoms with Crippen LogP contribution in [-0.2, 0) is 15.9 Å². The fraction of sp³-hybridized carbons (Fsp3) is 0.609. The van der Waals surface area contributed by atoms with E-state index in [1.165, 1.54) is 13.2 Å². The predicted octanol–water partition coefficient (Wildman–Crippen LogP) is 7.56. The van der Waals surface area contributed by atoms with E-state index in [-0.39, 0.29) is 84.3 Å². The van der Waals surface area contributed by atoms with E-state index in [1.54, 1.807) is 18.2 Å². The van der Waals surface area contributed by atoms with Crippen molar-refractivity contribution in [1.29, 1.82) is 0 Å². The Morgan fingerprint density at radius 2 is 1.85 bits per heavy atom. The minimum absolute atomic E-state index is 0.0135. The molecule has 1 aliphatic carbocycles. The van der Waals surface area contributed by atoms with E-state index in [1.807, 2.05) is 32.6 Å². The first-order chi connectivity index (χ1) is 29.3. The number of methoxy groups -OCH3 is 1. The number of fused-ring (bicyclic) bond motifs is 7. The minimum atomic E-state index is -0.719. The van der Waals surface area contributed by atoms with Gasteiger partial charge in [0.25, 0.3) is 0 Å². The van der Waals surface area contributed by atoms with E-state index >= 15 is 8.78 Å². The van der Waals surface area contributed by atoms with Gasteiger partial charge in [0.05, 0.1) is 31.3 Å². The standard InChI is InChI=1S/C46H56F2N6O7/c1-6-30-32(47)10-8-26-18-29(60-25-57-5)19-31(35(26)30)38-37(48)39-36-40(51-42(50-39)59-24-45(15-16-45)23-46-13-7-17-53(46)28(21-55)12-14-46)52-20-27-9-11-33(34(52)22-58-41(36)49-38)54(27)43(56)61-44(2,3)4/h8,10,18-19,27-28,33-34,55H,6-7,9,11-17,20-25H2,1-5H3. The van der Waals surface area contributed by atoms with Gasteiger partial charge in [0.1, 0.15) is 46.2 Å². The summed E-state index contributed by atoms with van der Waals surface area (Å²) in [7, 11) is 1.51. The first-order valence-electron chi connectivity index (χ1n) is 22.0. The molecule has 6 aliphatic rings. The lowest BCUT2D eigenvalue weighted by Crippen LogP contribution is -2.63. The van der Waals surface area contributed by atoms with Crippen LogP contribution in [0, 0.1) is 17.0 Å². The van der Waals surface area contributed by atoms with Crippen LogP contribution in [-0.4, -0.2) is 118 Å². The summed E-state index contributed by atoms with van der Waals surface area (Å²) >= 11 is 0. The third kappa shape index (κ3) is 6.89. The van der Waals surface area contributed by atoms with Crippen molar-refractivity contribution in [3.8, 4) is 28.9 Å². The van der Waals surface area contributed by atoms with Crippen molar-refractivity contribution in [2.75, 3.05) is 51.7 Å². The van der Waals surface area contributed by atoms with Crippen molar-refractivity contribution in [2.24, 2.45) is 5.41 Å². The SMILES string of the molecule is CCc1c(F)ccc2cc(OCOC)cc(-c3nc4c5c(nc(OCC6(CC78CCCN7C(CO)CC8)CC6)nc5c3F)N3CC5CCC(C3CO4)N5C(=O)OC(C)(C)C)c12. The summed E-state index contributed by atoms with van der Waals surface area (Å²) in [5.74, 6) is -0.129. The number of carbonyl (C=O) groups excluding carboxylic acids is 1. The van der Waals surface area contributed by atoms with Crippen LogP contribution in [0.1, 0.15) is 91.0 Å². The number of pyridine rings is 1. The highest BCUT2D eigenvalue weighted by Gasteiger charge is 2.57. The molecule has 326 valence electrons. The molecule has 1 saturated carbocycles. The molecule has 5 fully saturated rings. The Kier molecular flexibility index (Phi) is 9.98. The van der Waals surface area contributed by atoms with Gasteiger partial charge in [-0.3, -0.25) is 9.80 Å². The lowest BCUT2D eigenvalue weighted by molar-refractivity contribution is 0.00537. The second-order valence-electron chi connectivity index (χ2n) is 19.2. The van der Waals surface area contributed by atoms with Gasteiger partial charge in [0.15, 0.2) is 12.6 Å². The van der Waals surface area contributed by atoms with Crippen LogP contribution in [0.25, 0.3) is 32.9 Å². The molecule has 10 rings (SSSR count). The number of benzene rings is 2. The third-order valence-electron chi connectivity index (χ3n) is 14.3. The van der Waals surface area contributed by atoms with E-state index in [4.69, 9.17) is 38.6 Å². The number of halogens is 2. The topological polar surface area (TPSA) is 132 Å². The van der Waals surface area contributed by atoms with Gasteiger partial charge in [-0.15, -0.1) is 0 Å². The van der Waals surface area contributed by atoms with Gasteiger partial charge in [-0.05, 0) is 126 Å². The molecular formula is C46H56F2N6O7. The van der Waals surface area contributed by atoms with Crippen LogP contribution >= 0.6 is 0 Å². The molecule has 0 radical (unpaired) electrons. The number of piperazine rings is 1. The zero-order valence-corrected chi connectivity index (χ0v) is 35.8. The molecule has 5 aliphatic heterocycles. The zero-order valence-electron chi connectivity index (χ0n) is 35.8. The number of aromatic nitrogens is 3. The zero-order chi connectivity index (χ0) is 42.4. The van der Waals surface area contributed by atoms with Crippen LogP contribution < -0.4 is 19.1 Å². The Hall–Kier alpha value is -4.60. The van der Waals surface area contributed by atoms with Gasteiger partial charge in [-0.1, -0.05) is 13.0 Å². The van der Waals surface area contributed by atoms with Crippen molar-refractivity contribution in [2.45, 2.75) is 127 Å². The second kappa shape index (κ2) is 15.0. The Bertz CT molecular complexity index is 2390. The molecular weight excluding hydrogens is 787 g/mol. The fourth-order valence-electron chi connectivity index (χ4n) is 11.5. The molecule has 1 N–H and O–H groups in total. The number of hydrogen-bond donors (Lipinski definition) is 1. The fourth-order valence-corrected chi connectivity index (χ4v) is 11.5.